The summed E-state index contributed by atoms with van der Waals surface area (Å²) in [6.45, 7) is 3.62. The highest BCUT2D eigenvalue weighted by molar-refractivity contribution is 5.65. The zero-order valence-electron chi connectivity index (χ0n) is 5.79. The first-order chi connectivity index (χ1) is 4.20. The molecule has 0 radical (unpaired) electrons. The number of hydrogen-bond acceptors (Lipinski definition) is 4. The van der Waals surface area contributed by atoms with E-state index in [0.717, 1.165) is 0 Å². The van der Waals surface area contributed by atoms with Crippen LogP contribution in [0.15, 0.2) is 5.16 Å². The Morgan fingerprint density at radius 3 is 2.22 bits per heavy atom. The molecule has 0 aromatic rings. The number of oxime groups is 1. The maximum Gasteiger partial charge on any atom is 0.421 e. The number of ether oxygens (including phenoxy) is 2. The van der Waals surface area contributed by atoms with Crippen molar-refractivity contribution in [1.82, 2.24) is 0 Å². The summed E-state index contributed by atoms with van der Waals surface area (Å²) < 4.78 is 9.31. The van der Waals surface area contributed by atoms with Crippen molar-refractivity contribution < 1.29 is 14.7 Å². The zero-order chi connectivity index (χ0) is 7.28. The lowest BCUT2D eigenvalue weighted by Crippen LogP contribution is -2.12. The first-order valence-corrected chi connectivity index (χ1v) is 2.63. The summed E-state index contributed by atoms with van der Waals surface area (Å²) in [5.74, 6) is 0. The van der Waals surface area contributed by atoms with E-state index < -0.39 is 0 Å². The van der Waals surface area contributed by atoms with Crippen LogP contribution in [0.2, 0.25) is 0 Å². The van der Waals surface area contributed by atoms with Gasteiger partial charge in [0.1, 0.15) is 0 Å². The fourth-order valence-electron chi connectivity index (χ4n) is 0.314. The van der Waals surface area contributed by atoms with Gasteiger partial charge in [0, 0.05) is 0 Å². The van der Waals surface area contributed by atoms with Crippen LogP contribution in [0.5, 0.6) is 0 Å². The van der Waals surface area contributed by atoms with Crippen molar-refractivity contribution in [1.29, 1.82) is 0 Å². The van der Waals surface area contributed by atoms with Crippen molar-refractivity contribution in [3.63, 3.8) is 0 Å². The molecule has 0 rings (SSSR count). The van der Waals surface area contributed by atoms with Crippen LogP contribution in [-0.2, 0) is 9.47 Å². The quantitative estimate of drug-likeness (QED) is 0.249. The Bertz CT molecular complexity index is 100. The first kappa shape index (κ1) is 8.07. The van der Waals surface area contributed by atoms with Crippen molar-refractivity contribution in [3.8, 4) is 0 Å². The summed E-state index contributed by atoms with van der Waals surface area (Å²) in [5.41, 5.74) is 0. The molecule has 0 saturated heterocycles. The number of hydrogen-bond donors (Lipinski definition) is 1. The highest BCUT2D eigenvalue weighted by Crippen LogP contribution is 1.90. The van der Waals surface area contributed by atoms with Gasteiger partial charge < -0.3 is 14.7 Å². The average Bonchev–Trinajstić information content (AvgIpc) is 1.82. The van der Waals surface area contributed by atoms with Crippen LogP contribution < -0.4 is 0 Å². The van der Waals surface area contributed by atoms with E-state index in [4.69, 9.17) is 9.94 Å². The molecule has 0 atom stereocenters. The third-order valence-electron chi connectivity index (χ3n) is 0.593. The molecule has 0 fully saturated rings. The predicted molar refractivity (Wildman–Crippen MR) is 32.5 cm³/mol. The largest absolute Gasteiger partial charge is 0.452 e. The van der Waals surface area contributed by atoms with Gasteiger partial charge in [-0.15, -0.1) is 0 Å². The molecule has 0 aliphatic carbocycles. The molecule has 0 spiro atoms. The minimum Gasteiger partial charge on any atom is -0.452 e. The molecule has 0 heterocycles. The van der Waals surface area contributed by atoms with Crippen molar-refractivity contribution in [2.45, 2.75) is 20.0 Å². The second kappa shape index (κ2) is 4.00. The Hall–Kier alpha value is -0.930. The van der Waals surface area contributed by atoms with Gasteiger partial charge in [0.2, 0.25) is 0 Å². The number of nitrogens with zero attached hydrogens (tertiary/aromatic N) is 1. The highest BCUT2D eigenvalue weighted by atomic mass is 16.7. The highest BCUT2D eigenvalue weighted by Gasteiger charge is 2.00. The lowest BCUT2D eigenvalue weighted by atomic mass is 10.5. The summed E-state index contributed by atoms with van der Waals surface area (Å²) in [4.78, 5) is 0. The maximum absolute atomic E-state index is 8.11. The molecule has 54 valence electrons. The molecule has 0 aliphatic heterocycles. The summed E-state index contributed by atoms with van der Waals surface area (Å²) >= 11 is 0. The van der Waals surface area contributed by atoms with Gasteiger partial charge in [0.25, 0.3) is 0 Å². The Kier molecular flexibility index (Phi) is 3.59. The second-order valence-electron chi connectivity index (χ2n) is 1.74. The average molecular weight is 133 g/mol. The van der Waals surface area contributed by atoms with Gasteiger partial charge in [0.15, 0.2) is 0 Å². The van der Waals surface area contributed by atoms with E-state index >= 15 is 0 Å². The maximum atomic E-state index is 8.11. The van der Waals surface area contributed by atoms with Gasteiger partial charge in [-0.05, 0) is 19.0 Å². The molecule has 0 aromatic carbocycles. The standard InChI is InChI=1S/C5H11NO3/c1-4(2)9-5(6-7)8-3/h4,7H,1-3H3/b6-5+. The molecule has 1 N–H and O–H groups in total. The van der Waals surface area contributed by atoms with Gasteiger partial charge in [-0.25, -0.2) is 0 Å². The van der Waals surface area contributed by atoms with E-state index in [1.54, 1.807) is 0 Å². The Labute approximate surface area is 54.1 Å². The van der Waals surface area contributed by atoms with E-state index in [-0.39, 0.29) is 12.2 Å². The molecule has 0 unspecified atom stereocenters. The van der Waals surface area contributed by atoms with Gasteiger partial charge in [-0.3, -0.25) is 0 Å². The smallest absolute Gasteiger partial charge is 0.421 e. The van der Waals surface area contributed by atoms with Crippen LogP contribution in [-0.4, -0.2) is 24.5 Å². The van der Waals surface area contributed by atoms with E-state index in [0.29, 0.717) is 0 Å². The summed E-state index contributed by atoms with van der Waals surface area (Å²) in [6, 6.07) is 0. The Morgan fingerprint density at radius 2 is 2.11 bits per heavy atom. The van der Waals surface area contributed by atoms with Crippen LogP contribution in [0, 0.1) is 0 Å². The van der Waals surface area contributed by atoms with Gasteiger partial charge in [-0.2, -0.15) is 0 Å². The zero-order valence-corrected chi connectivity index (χ0v) is 5.79. The van der Waals surface area contributed by atoms with Gasteiger partial charge in [0.05, 0.1) is 13.2 Å². The summed E-state index contributed by atoms with van der Waals surface area (Å²) in [7, 11) is 1.37. The molecular formula is C5H11NO3. The molecule has 0 amide bonds. The normalized spacial score (nSPS) is 11.8. The van der Waals surface area contributed by atoms with Crippen LogP contribution >= 0.6 is 0 Å². The third-order valence-corrected chi connectivity index (χ3v) is 0.593. The third kappa shape index (κ3) is 3.64. The van der Waals surface area contributed by atoms with Crippen molar-refractivity contribution in [2.75, 3.05) is 7.11 Å². The SMILES string of the molecule is CO/C(=N\O)OC(C)C. The van der Waals surface area contributed by atoms with Gasteiger partial charge in [-0.1, -0.05) is 0 Å². The molecule has 4 heteroatoms. The molecule has 0 saturated carbocycles. The minimum absolute atomic E-state index is 0.0316. The van der Waals surface area contributed by atoms with Crippen LogP contribution in [0.4, 0.5) is 0 Å². The minimum atomic E-state index is -0.106. The van der Waals surface area contributed by atoms with Crippen LogP contribution in [0.1, 0.15) is 13.8 Å². The second-order valence-corrected chi connectivity index (χ2v) is 1.74. The van der Waals surface area contributed by atoms with Crippen LogP contribution in [0.25, 0.3) is 0 Å². The van der Waals surface area contributed by atoms with Crippen molar-refractivity contribution in [2.24, 2.45) is 5.16 Å². The Balaban J connectivity index is 3.58. The number of methoxy groups -OCH3 is 1. The van der Waals surface area contributed by atoms with E-state index in [1.807, 2.05) is 13.8 Å². The Morgan fingerprint density at radius 1 is 1.56 bits per heavy atom. The van der Waals surface area contributed by atoms with Crippen molar-refractivity contribution in [3.05, 3.63) is 0 Å². The number of rotatable bonds is 1. The first-order valence-electron chi connectivity index (χ1n) is 2.63. The molecular weight excluding hydrogens is 122 g/mol. The van der Waals surface area contributed by atoms with Crippen molar-refractivity contribution >= 4 is 6.08 Å². The molecule has 0 bridgehead atoms. The topological polar surface area (TPSA) is 51.0 Å². The lowest BCUT2D eigenvalue weighted by molar-refractivity contribution is 0.128. The van der Waals surface area contributed by atoms with E-state index in [2.05, 4.69) is 9.89 Å². The monoisotopic (exact) mass is 133 g/mol. The lowest BCUT2D eigenvalue weighted by Gasteiger charge is -2.07. The predicted octanol–water partition coefficient (Wildman–Crippen LogP) is 0.803. The fraction of sp³-hybridized carbons (Fsp3) is 0.800. The molecule has 9 heavy (non-hydrogen) atoms. The molecule has 0 aromatic heterocycles. The molecule has 0 aliphatic rings. The van der Waals surface area contributed by atoms with E-state index in [9.17, 15) is 0 Å². The van der Waals surface area contributed by atoms with Crippen LogP contribution in [0.3, 0.4) is 0 Å². The summed E-state index contributed by atoms with van der Waals surface area (Å²) in [6.07, 6.45) is -0.138. The van der Waals surface area contributed by atoms with Gasteiger partial charge >= 0.3 is 6.08 Å². The fourth-order valence-corrected chi connectivity index (χ4v) is 0.314. The summed E-state index contributed by atoms with van der Waals surface area (Å²) in [5, 5.41) is 10.8. The molecule has 4 nitrogen and oxygen atoms in total. The van der Waals surface area contributed by atoms with E-state index in [1.165, 1.54) is 7.11 Å².